The van der Waals surface area contributed by atoms with E-state index in [2.05, 4.69) is 18.8 Å². The maximum absolute atomic E-state index is 5.24. The topological polar surface area (TPSA) is 29.3 Å². The molecule has 0 heterocycles. The summed E-state index contributed by atoms with van der Waals surface area (Å²) in [5.74, 6) is 0. The van der Waals surface area contributed by atoms with Crippen LogP contribution in [-0.4, -0.2) is 16.6 Å². The van der Waals surface area contributed by atoms with E-state index >= 15 is 0 Å². The number of nitrogens with two attached hydrogens (primary N) is 1. The fourth-order valence-corrected chi connectivity index (χ4v) is 0.579. The van der Waals surface area contributed by atoms with Crippen molar-refractivity contribution in [3.05, 3.63) is 12.8 Å². The molecule has 0 atom stereocenters. The molecule has 0 aliphatic heterocycles. The van der Waals surface area contributed by atoms with Gasteiger partial charge in [-0.3, -0.25) is 0 Å². The molecule has 0 spiro atoms. The van der Waals surface area contributed by atoms with Gasteiger partial charge in [0, 0.05) is 6.54 Å². The Labute approximate surface area is 55.0 Å². The van der Waals surface area contributed by atoms with Crippen molar-refractivity contribution in [2.24, 2.45) is 5.73 Å². The Hall–Kier alpha value is -0.570. The predicted molar refractivity (Wildman–Crippen MR) is 39.4 cm³/mol. The van der Waals surface area contributed by atoms with Crippen molar-refractivity contribution in [2.75, 3.05) is 6.54 Å². The lowest BCUT2D eigenvalue weighted by molar-refractivity contribution is 0.596. The largest absolute Gasteiger partial charge is 0.376 e. The predicted octanol–water partition coefficient (Wildman–Crippen LogP) is 0.695. The highest BCUT2D eigenvalue weighted by Crippen LogP contribution is 1.84. The third-order valence-electron chi connectivity index (χ3n) is 0.844. The molecule has 0 aliphatic carbocycles. The van der Waals surface area contributed by atoms with Gasteiger partial charge in [0.1, 0.15) is 0 Å². The van der Waals surface area contributed by atoms with Crippen LogP contribution in [0.25, 0.3) is 0 Å². The van der Waals surface area contributed by atoms with Crippen LogP contribution < -0.4 is 5.73 Å². The molecule has 0 saturated heterocycles. The number of rotatable bonds is 2. The standard InChI is InChI=1S/C5H10N2S/c1-3-7(4-2)5(6)8/h3H,1,4H2,2H3,(H2,6,8). The first-order chi connectivity index (χ1) is 3.72. The third-order valence-corrected chi connectivity index (χ3v) is 1.08. The molecule has 2 nitrogen and oxygen atoms in total. The van der Waals surface area contributed by atoms with Gasteiger partial charge in [-0.15, -0.1) is 0 Å². The van der Waals surface area contributed by atoms with Crippen molar-refractivity contribution in [3.63, 3.8) is 0 Å². The van der Waals surface area contributed by atoms with Crippen LogP contribution >= 0.6 is 12.2 Å². The molecular weight excluding hydrogens is 120 g/mol. The lowest BCUT2D eigenvalue weighted by Gasteiger charge is -2.13. The van der Waals surface area contributed by atoms with E-state index in [9.17, 15) is 0 Å². The molecule has 0 aromatic heterocycles. The SMILES string of the molecule is C=CN(CC)C(N)=S. The van der Waals surface area contributed by atoms with E-state index in [-0.39, 0.29) is 0 Å². The van der Waals surface area contributed by atoms with Crippen molar-refractivity contribution < 1.29 is 0 Å². The van der Waals surface area contributed by atoms with Gasteiger partial charge in [0.05, 0.1) is 0 Å². The van der Waals surface area contributed by atoms with Crippen molar-refractivity contribution in [2.45, 2.75) is 6.92 Å². The molecule has 3 heteroatoms. The molecule has 0 unspecified atom stereocenters. The molecule has 0 rings (SSSR count). The summed E-state index contributed by atoms with van der Waals surface area (Å²) in [7, 11) is 0. The minimum absolute atomic E-state index is 0.377. The van der Waals surface area contributed by atoms with E-state index < -0.39 is 0 Å². The Morgan fingerprint density at radius 1 is 2.00 bits per heavy atom. The van der Waals surface area contributed by atoms with Gasteiger partial charge in [-0.25, -0.2) is 0 Å². The second kappa shape index (κ2) is 3.43. The monoisotopic (exact) mass is 130 g/mol. The number of hydrogen-bond donors (Lipinski definition) is 1. The molecule has 8 heavy (non-hydrogen) atoms. The van der Waals surface area contributed by atoms with Crippen LogP contribution in [0.5, 0.6) is 0 Å². The summed E-state index contributed by atoms with van der Waals surface area (Å²) in [5.41, 5.74) is 5.24. The summed E-state index contributed by atoms with van der Waals surface area (Å²) in [5, 5.41) is 0.377. The van der Waals surface area contributed by atoms with Gasteiger partial charge in [0.25, 0.3) is 0 Å². The number of nitrogens with zero attached hydrogens (tertiary/aromatic N) is 1. The smallest absolute Gasteiger partial charge is 0.170 e. The van der Waals surface area contributed by atoms with Crippen molar-refractivity contribution in [1.29, 1.82) is 0 Å². The van der Waals surface area contributed by atoms with Crippen LogP contribution in [0.2, 0.25) is 0 Å². The van der Waals surface area contributed by atoms with E-state index in [1.807, 2.05) is 6.92 Å². The summed E-state index contributed by atoms with van der Waals surface area (Å²) < 4.78 is 0. The van der Waals surface area contributed by atoms with E-state index in [0.29, 0.717) is 5.11 Å². The molecule has 0 aromatic rings. The molecule has 0 amide bonds. The van der Waals surface area contributed by atoms with Crippen LogP contribution in [0.1, 0.15) is 6.92 Å². The molecule has 0 radical (unpaired) electrons. The first-order valence-electron chi connectivity index (χ1n) is 2.41. The van der Waals surface area contributed by atoms with Gasteiger partial charge in [0.2, 0.25) is 0 Å². The molecule has 0 fully saturated rings. The van der Waals surface area contributed by atoms with Crippen molar-refractivity contribution >= 4 is 17.3 Å². The quantitative estimate of drug-likeness (QED) is 0.558. The molecule has 2 N–H and O–H groups in total. The van der Waals surface area contributed by atoms with Gasteiger partial charge in [0.15, 0.2) is 5.11 Å². The zero-order valence-electron chi connectivity index (χ0n) is 4.92. The third kappa shape index (κ3) is 1.93. The minimum Gasteiger partial charge on any atom is -0.376 e. The van der Waals surface area contributed by atoms with Crippen LogP contribution in [0, 0.1) is 0 Å². The fourth-order valence-electron chi connectivity index (χ4n) is 0.375. The van der Waals surface area contributed by atoms with Crippen LogP contribution in [0.3, 0.4) is 0 Å². The molecule has 0 aromatic carbocycles. The highest BCUT2D eigenvalue weighted by atomic mass is 32.1. The molecule has 0 aliphatic rings. The highest BCUT2D eigenvalue weighted by Gasteiger charge is 1.93. The summed E-state index contributed by atoms with van der Waals surface area (Å²) in [4.78, 5) is 1.69. The second-order valence-electron chi connectivity index (χ2n) is 1.31. The normalized spacial score (nSPS) is 8.12. The lowest BCUT2D eigenvalue weighted by atomic mass is 10.6. The molecule has 46 valence electrons. The molecule has 0 saturated carbocycles. The van der Waals surface area contributed by atoms with E-state index in [4.69, 9.17) is 5.73 Å². The summed E-state index contributed by atoms with van der Waals surface area (Å²) >= 11 is 4.65. The Morgan fingerprint density at radius 3 is 2.50 bits per heavy atom. The minimum atomic E-state index is 0.377. The van der Waals surface area contributed by atoms with Gasteiger partial charge >= 0.3 is 0 Å². The fraction of sp³-hybridized carbons (Fsp3) is 0.400. The zero-order chi connectivity index (χ0) is 6.57. The average Bonchev–Trinajstić information content (AvgIpc) is 1.69. The number of hydrogen-bond acceptors (Lipinski definition) is 1. The van der Waals surface area contributed by atoms with E-state index in [1.165, 1.54) is 0 Å². The Bertz CT molecular complexity index is 101. The Kier molecular flexibility index (Phi) is 3.19. The Morgan fingerprint density at radius 2 is 2.50 bits per heavy atom. The summed E-state index contributed by atoms with van der Waals surface area (Å²) in [6.45, 7) is 6.26. The maximum Gasteiger partial charge on any atom is 0.170 e. The first kappa shape index (κ1) is 7.43. The summed E-state index contributed by atoms with van der Waals surface area (Å²) in [6, 6.07) is 0. The van der Waals surface area contributed by atoms with Gasteiger partial charge in [-0.2, -0.15) is 0 Å². The van der Waals surface area contributed by atoms with Gasteiger partial charge in [-0.05, 0) is 25.3 Å². The van der Waals surface area contributed by atoms with Crippen LogP contribution in [0.4, 0.5) is 0 Å². The maximum atomic E-state index is 5.24. The number of thiocarbonyl (C=S) groups is 1. The zero-order valence-corrected chi connectivity index (χ0v) is 5.74. The molecule has 0 bridgehead atoms. The molecular formula is C5H10N2S. The lowest BCUT2D eigenvalue weighted by Crippen LogP contribution is -2.30. The van der Waals surface area contributed by atoms with Crippen LogP contribution in [0.15, 0.2) is 12.8 Å². The Balaban J connectivity index is 3.69. The van der Waals surface area contributed by atoms with Crippen molar-refractivity contribution in [3.8, 4) is 0 Å². The van der Waals surface area contributed by atoms with E-state index in [0.717, 1.165) is 6.54 Å². The second-order valence-corrected chi connectivity index (χ2v) is 1.73. The van der Waals surface area contributed by atoms with Crippen LogP contribution in [-0.2, 0) is 0 Å². The highest BCUT2D eigenvalue weighted by molar-refractivity contribution is 7.80. The van der Waals surface area contributed by atoms with Crippen molar-refractivity contribution in [1.82, 2.24) is 4.90 Å². The summed E-state index contributed by atoms with van der Waals surface area (Å²) in [6.07, 6.45) is 1.61. The van der Waals surface area contributed by atoms with E-state index in [1.54, 1.807) is 11.1 Å². The van der Waals surface area contributed by atoms with Gasteiger partial charge < -0.3 is 10.6 Å². The first-order valence-corrected chi connectivity index (χ1v) is 2.81. The van der Waals surface area contributed by atoms with Gasteiger partial charge in [-0.1, -0.05) is 6.58 Å². The average molecular weight is 130 g/mol.